The smallest absolute Gasteiger partial charge is 0.264 e. The van der Waals surface area contributed by atoms with Crippen molar-refractivity contribution < 1.29 is 4.79 Å². The highest BCUT2D eigenvalue weighted by atomic mass is 16.2. The number of nitrogens with two attached hydrogens (primary N) is 1. The molecule has 0 bridgehead atoms. The minimum atomic E-state index is -0.175. The largest absolute Gasteiger partial charge is 0.398 e. The molecule has 0 radical (unpaired) electrons. The number of anilines is 3. The van der Waals surface area contributed by atoms with E-state index in [1.54, 1.807) is 23.2 Å². The molecule has 4 nitrogen and oxygen atoms in total. The fraction of sp³-hybridized carbons (Fsp3) is 0. The van der Waals surface area contributed by atoms with Gasteiger partial charge in [-0.05, 0) is 36.4 Å². The van der Waals surface area contributed by atoms with Crippen molar-refractivity contribution in [2.45, 2.75) is 0 Å². The van der Waals surface area contributed by atoms with Crippen molar-refractivity contribution in [2.75, 3.05) is 10.6 Å². The number of fused-ring (bicyclic) bond motifs is 1. The van der Waals surface area contributed by atoms with E-state index < -0.39 is 0 Å². The monoisotopic (exact) mass is 339 g/mol. The molecule has 0 fully saturated rings. The summed E-state index contributed by atoms with van der Waals surface area (Å²) in [6, 6.07) is 26.3. The second-order valence-corrected chi connectivity index (χ2v) is 5.91. The van der Waals surface area contributed by atoms with E-state index in [9.17, 15) is 4.79 Å². The third kappa shape index (κ3) is 2.78. The van der Waals surface area contributed by atoms with E-state index in [1.165, 1.54) is 0 Å². The van der Waals surface area contributed by atoms with E-state index in [1.807, 2.05) is 72.8 Å². The second-order valence-electron chi connectivity index (χ2n) is 5.91. The molecule has 0 atom stereocenters. The van der Waals surface area contributed by atoms with Crippen LogP contribution in [0.4, 0.5) is 17.1 Å². The number of benzene rings is 3. The first-order chi connectivity index (χ1) is 12.8. The summed E-state index contributed by atoms with van der Waals surface area (Å²) in [5.74, 6) is -0.175. The van der Waals surface area contributed by atoms with E-state index in [4.69, 9.17) is 5.73 Å². The molecule has 0 unspecified atom stereocenters. The second kappa shape index (κ2) is 6.69. The van der Waals surface area contributed by atoms with E-state index in [0.717, 1.165) is 22.3 Å². The molecule has 4 aromatic rings. The van der Waals surface area contributed by atoms with Gasteiger partial charge >= 0.3 is 0 Å². The summed E-state index contributed by atoms with van der Waals surface area (Å²) in [4.78, 5) is 19.5. The van der Waals surface area contributed by atoms with Gasteiger partial charge in [0.05, 0.1) is 16.8 Å². The van der Waals surface area contributed by atoms with Gasteiger partial charge < -0.3 is 5.73 Å². The summed E-state index contributed by atoms with van der Waals surface area (Å²) < 4.78 is 0. The average Bonchev–Trinajstić information content (AvgIpc) is 2.69. The van der Waals surface area contributed by atoms with Gasteiger partial charge in [0.2, 0.25) is 0 Å². The third-order valence-electron chi connectivity index (χ3n) is 4.28. The predicted molar refractivity (Wildman–Crippen MR) is 106 cm³/mol. The highest BCUT2D eigenvalue weighted by Gasteiger charge is 2.23. The average molecular weight is 339 g/mol. The highest BCUT2D eigenvalue weighted by molar-refractivity contribution is 6.16. The first-order valence-electron chi connectivity index (χ1n) is 8.33. The minimum absolute atomic E-state index is 0.175. The van der Waals surface area contributed by atoms with Gasteiger partial charge in [-0.25, -0.2) is 0 Å². The number of nitrogens with zero attached hydrogens (tertiary/aromatic N) is 2. The molecule has 0 aliphatic carbocycles. The number of para-hydroxylation sites is 3. The molecule has 0 aliphatic rings. The Balaban J connectivity index is 1.95. The summed E-state index contributed by atoms with van der Waals surface area (Å²) in [7, 11) is 0. The number of nitrogen functional groups attached to an aromatic ring is 1. The molecule has 4 rings (SSSR count). The number of hydrogen-bond acceptors (Lipinski definition) is 3. The van der Waals surface area contributed by atoms with Crippen molar-refractivity contribution in [1.29, 1.82) is 0 Å². The number of pyridine rings is 1. The normalized spacial score (nSPS) is 10.6. The molecule has 0 saturated carbocycles. The first-order valence-corrected chi connectivity index (χ1v) is 8.33. The molecule has 3 aromatic carbocycles. The van der Waals surface area contributed by atoms with Crippen LogP contribution in [0, 0.1) is 0 Å². The molecular weight excluding hydrogens is 322 g/mol. The Morgan fingerprint density at radius 1 is 0.808 bits per heavy atom. The maximum atomic E-state index is 13.4. The van der Waals surface area contributed by atoms with Crippen LogP contribution in [0.5, 0.6) is 0 Å². The molecule has 26 heavy (non-hydrogen) atoms. The lowest BCUT2D eigenvalue weighted by Crippen LogP contribution is -2.27. The van der Waals surface area contributed by atoms with E-state index >= 15 is 0 Å². The Kier molecular flexibility index (Phi) is 4.07. The van der Waals surface area contributed by atoms with Gasteiger partial charge in [0.15, 0.2) is 0 Å². The minimum Gasteiger partial charge on any atom is -0.398 e. The Hall–Kier alpha value is -3.66. The van der Waals surface area contributed by atoms with Gasteiger partial charge in [-0.15, -0.1) is 0 Å². The Morgan fingerprint density at radius 2 is 1.50 bits per heavy atom. The van der Waals surface area contributed by atoms with Crippen molar-refractivity contribution in [1.82, 2.24) is 4.98 Å². The van der Waals surface area contributed by atoms with E-state index in [2.05, 4.69) is 4.98 Å². The maximum Gasteiger partial charge on any atom is 0.264 e. The van der Waals surface area contributed by atoms with Crippen molar-refractivity contribution in [3.63, 3.8) is 0 Å². The lowest BCUT2D eigenvalue weighted by Gasteiger charge is -2.25. The Morgan fingerprint density at radius 3 is 2.31 bits per heavy atom. The number of rotatable bonds is 3. The van der Waals surface area contributed by atoms with Crippen LogP contribution in [0.1, 0.15) is 10.4 Å². The van der Waals surface area contributed by atoms with Gasteiger partial charge in [-0.3, -0.25) is 14.7 Å². The fourth-order valence-corrected chi connectivity index (χ4v) is 3.03. The van der Waals surface area contributed by atoms with Crippen LogP contribution in [0.15, 0.2) is 91.1 Å². The number of carbonyl (C=O) groups is 1. The van der Waals surface area contributed by atoms with E-state index in [-0.39, 0.29) is 5.91 Å². The quantitative estimate of drug-likeness (QED) is 0.546. The topological polar surface area (TPSA) is 59.2 Å². The predicted octanol–water partition coefficient (Wildman–Crippen LogP) is 4.80. The lowest BCUT2D eigenvalue weighted by atomic mass is 10.1. The van der Waals surface area contributed by atoms with Crippen LogP contribution < -0.4 is 10.6 Å². The molecule has 1 amide bonds. The number of aromatic nitrogens is 1. The molecule has 2 N–H and O–H groups in total. The van der Waals surface area contributed by atoms with Crippen molar-refractivity contribution in [2.24, 2.45) is 0 Å². The van der Waals surface area contributed by atoms with Crippen LogP contribution >= 0.6 is 0 Å². The third-order valence-corrected chi connectivity index (χ3v) is 4.28. The molecule has 4 heteroatoms. The highest BCUT2D eigenvalue weighted by Crippen LogP contribution is 2.33. The zero-order valence-electron chi connectivity index (χ0n) is 14.0. The van der Waals surface area contributed by atoms with Crippen LogP contribution in [0.2, 0.25) is 0 Å². The zero-order valence-corrected chi connectivity index (χ0v) is 14.0. The molecule has 0 spiro atoms. The van der Waals surface area contributed by atoms with Gasteiger partial charge in [-0.1, -0.05) is 48.5 Å². The van der Waals surface area contributed by atoms with Gasteiger partial charge in [-0.2, -0.15) is 0 Å². The number of hydrogen-bond donors (Lipinski definition) is 1. The van der Waals surface area contributed by atoms with Crippen molar-refractivity contribution in [3.8, 4) is 0 Å². The zero-order chi connectivity index (χ0) is 17.9. The SMILES string of the molecule is Nc1ccccc1C(=O)N(c1ccccc1)c1ccnc2ccccc12. The van der Waals surface area contributed by atoms with Crippen LogP contribution in [0.3, 0.4) is 0 Å². The van der Waals surface area contributed by atoms with E-state index in [0.29, 0.717) is 11.3 Å². The summed E-state index contributed by atoms with van der Waals surface area (Å²) in [5, 5.41) is 0.904. The molecule has 0 saturated heterocycles. The number of carbonyl (C=O) groups excluding carboxylic acids is 1. The fourth-order valence-electron chi connectivity index (χ4n) is 3.03. The standard InChI is InChI=1S/C22H17N3O/c23-19-12-6-4-10-17(19)22(26)25(16-8-2-1-3-9-16)21-14-15-24-20-13-7-5-11-18(20)21/h1-15H,23H2. The van der Waals surface area contributed by atoms with Crippen LogP contribution in [-0.2, 0) is 0 Å². The lowest BCUT2D eigenvalue weighted by molar-refractivity contribution is 0.100. The van der Waals surface area contributed by atoms with Gasteiger partial charge in [0.25, 0.3) is 5.91 Å². The molecular formula is C22H17N3O. The molecule has 126 valence electrons. The summed E-state index contributed by atoms with van der Waals surface area (Å²) in [6.45, 7) is 0. The molecule has 1 aromatic heterocycles. The summed E-state index contributed by atoms with van der Waals surface area (Å²) in [5.41, 5.74) is 9.37. The summed E-state index contributed by atoms with van der Waals surface area (Å²) >= 11 is 0. The first kappa shape index (κ1) is 15.8. The van der Waals surface area contributed by atoms with Crippen molar-refractivity contribution in [3.05, 3.63) is 96.7 Å². The van der Waals surface area contributed by atoms with Gasteiger partial charge in [0.1, 0.15) is 0 Å². The van der Waals surface area contributed by atoms with Gasteiger partial charge in [0, 0.05) is 23.0 Å². The van der Waals surface area contributed by atoms with Crippen molar-refractivity contribution >= 4 is 33.9 Å². The summed E-state index contributed by atoms with van der Waals surface area (Å²) in [6.07, 6.45) is 1.72. The number of amides is 1. The molecule has 0 aliphatic heterocycles. The van der Waals surface area contributed by atoms with Crippen LogP contribution in [0.25, 0.3) is 10.9 Å². The maximum absolute atomic E-state index is 13.4. The molecule has 1 heterocycles. The Bertz CT molecular complexity index is 1070. The Labute approximate surface area is 151 Å². The van der Waals surface area contributed by atoms with Crippen LogP contribution in [-0.4, -0.2) is 10.9 Å².